The fourth-order valence-electron chi connectivity index (χ4n) is 2.78. The fraction of sp³-hybridized carbons (Fsp3) is 0.625. The molecule has 0 saturated heterocycles. The summed E-state index contributed by atoms with van der Waals surface area (Å²) < 4.78 is 5.30. The van der Waals surface area contributed by atoms with E-state index in [1.165, 1.54) is 11.1 Å². The third-order valence-corrected chi connectivity index (χ3v) is 3.95. The molecule has 1 unspecified atom stereocenters. The average molecular weight is 264 g/mol. The van der Waals surface area contributed by atoms with Gasteiger partial charge in [0.05, 0.1) is 6.61 Å². The van der Waals surface area contributed by atoms with Gasteiger partial charge in [0.1, 0.15) is 0 Å². The third-order valence-electron chi connectivity index (χ3n) is 3.95. The van der Waals surface area contributed by atoms with Gasteiger partial charge in [-0.1, -0.05) is 38.1 Å². The van der Waals surface area contributed by atoms with Crippen molar-refractivity contribution in [3.05, 3.63) is 35.4 Å². The molecule has 0 fully saturated rings. The zero-order chi connectivity index (χ0) is 14.3. The molecule has 108 valence electrons. The highest BCUT2D eigenvalue weighted by atomic mass is 16.5. The van der Waals surface area contributed by atoms with Gasteiger partial charge in [-0.3, -0.25) is 4.90 Å². The highest BCUT2D eigenvalue weighted by molar-refractivity contribution is 5.30. The number of likely N-dealkylation sites (N-methyl/N-ethyl adjacent to an activating group) is 1. The first-order valence-corrected chi connectivity index (χ1v) is 7.18. The maximum Gasteiger partial charge on any atom is 0.0716 e. The summed E-state index contributed by atoms with van der Waals surface area (Å²) in [5, 5.41) is 0. The number of hydrogen-bond donors (Lipinski definition) is 1. The number of rotatable bonds is 8. The van der Waals surface area contributed by atoms with Gasteiger partial charge in [0.2, 0.25) is 0 Å². The number of hydrogen-bond acceptors (Lipinski definition) is 3. The zero-order valence-electron chi connectivity index (χ0n) is 12.7. The highest BCUT2D eigenvalue weighted by Gasteiger charge is 2.22. The van der Waals surface area contributed by atoms with Crippen LogP contribution in [0.25, 0.3) is 0 Å². The number of ether oxygens (including phenoxy) is 1. The van der Waals surface area contributed by atoms with Gasteiger partial charge in [-0.2, -0.15) is 0 Å². The van der Waals surface area contributed by atoms with Crippen molar-refractivity contribution >= 4 is 0 Å². The fourth-order valence-corrected chi connectivity index (χ4v) is 2.78. The molecular weight excluding hydrogens is 236 g/mol. The van der Waals surface area contributed by atoms with Crippen LogP contribution < -0.4 is 5.73 Å². The predicted molar refractivity (Wildman–Crippen MR) is 81.1 cm³/mol. The lowest BCUT2D eigenvalue weighted by atomic mass is 9.97. The normalized spacial score (nSPS) is 13.2. The Hall–Kier alpha value is -0.900. The average Bonchev–Trinajstić information content (AvgIpc) is 2.43. The van der Waals surface area contributed by atoms with Crippen molar-refractivity contribution in [3.8, 4) is 0 Å². The third kappa shape index (κ3) is 4.03. The summed E-state index contributed by atoms with van der Waals surface area (Å²) in [6.45, 7) is 5.75. The molecule has 19 heavy (non-hydrogen) atoms. The van der Waals surface area contributed by atoms with E-state index in [1.54, 1.807) is 7.11 Å². The second-order valence-corrected chi connectivity index (χ2v) is 5.02. The maximum atomic E-state index is 6.04. The van der Waals surface area contributed by atoms with E-state index < -0.39 is 0 Å². The van der Waals surface area contributed by atoms with Crippen molar-refractivity contribution in [1.29, 1.82) is 0 Å². The van der Waals surface area contributed by atoms with E-state index in [0.717, 1.165) is 12.8 Å². The van der Waals surface area contributed by atoms with E-state index in [2.05, 4.69) is 50.1 Å². The Bertz CT molecular complexity index is 364. The van der Waals surface area contributed by atoms with Gasteiger partial charge in [-0.05, 0) is 31.0 Å². The predicted octanol–water partition coefficient (Wildman–Crippen LogP) is 2.95. The molecule has 1 atom stereocenters. The smallest absolute Gasteiger partial charge is 0.0716 e. The number of methoxy groups -OCH3 is 1. The summed E-state index contributed by atoms with van der Waals surface area (Å²) in [6.07, 6.45) is 2.30. The van der Waals surface area contributed by atoms with E-state index in [0.29, 0.717) is 19.2 Å². The first-order valence-electron chi connectivity index (χ1n) is 7.18. The maximum absolute atomic E-state index is 6.04. The van der Waals surface area contributed by atoms with Gasteiger partial charge in [0.15, 0.2) is 0 Å². The van der Waals surface area contributed by atoms with Crippen LogP contribution in [0, 0.1) is 0 Å². The van der Waals surface area contributed by atoms with Crippen molar-refractivity contribution in [2.45, 2.75) is 45.4 Å². The summed E-state index contributed by atoms with van der Waals surface area (Å²) in [6, 6.07) is 9.27. The second kappa shape index (κ2) is 8.31. The van der Waals surface area contributed by atoms with Crippen LogP contribution in [0.1, 0.15) is 43.9 Å². The van der Waals surface area contributed by atoms with Crippen molar-refractivity contribution in [1.82, 2.24) is 4.90 Å². The molecule has 1 rings (SSSR count). The number of nitrogens with two attached hydrogens (primary N) is 1. The topological polar surface area (TPSA) is 38.5 Å². The number of nitrogens with zero attached hydrogens (tertiary/aromatic N) is 1. The quantitative estimate of drug-likeness (QED) is 0.784. The van der Waals surface area contributed by atoms with Crippen LogP contribution in [0.5, 0.6) is 0 Å². The molecule has 0 aromatic heterocycles. The minimum absolute atomic E-state index is 0.260. The molecule has 0 bridgehead atoms. The lowest BCUT2D eigenvalue weighted by Crippen LogP contribution is -2.38. The van der Waals surface area contributed by atoms with E-state index >= 15 is 0 Å². The molecule has 0 aliphatic rings. The number of benzene rings is 1. The van der Waals surface area contributed by atoms with Gasteiger partial charge in [0, 0.05) is 25.7 Å². The molecule has 0 heterocycles. The van der Waals surface area contributed by atoms with Crippen LogP contribution in [-0.4, -0.2) is 31.6 Å². The Morgan fingerprint density at radius 2 is 1.84 bits per heavy atom. The highest BCUT2D eigenvalue weighted by Crippen LogP contribution is 2.26. The molecule has 1 aromatic carbocycles. The van der Waals surface area contributed by atoms with Crippen molar-refractivity contribution < 1.29 is 4.74 Å². The molecule has 0 spiro atoms. The van der Waals surface area contributed by atoms with Gasteiger partial charge < -0.3 is 10.5 Å². The monoisotopic (exact) mass is 264 g/mol. The van der Waals surface area contributed by atoms with Crippen LogP contribution in [0.4, 0.5) is 0 Å². The van der Waals surface area contributed by atoms with Crippen molar-refractivity contribution in [2.75, 3.05) is 20.7 Å². The summed E-state index contributed by atoms with van der Waals surface area (Å²) in [4.78, 5) is 2.41. The van der Waals surface area contributed by atoms with E-state index in [1.807, 2.05) is 0 Å². The molecule has 0 amide bonds. The zero-order valence-corrected chi connectivity index (χ0v) is 12.7. The summed E-state index contributed by atoms with van der Waals surface area (Å²) in [7, 11) is 3.91. The van der Waals surface area contributed by atoms with E-state index in [9.17, 15) is 0 Å². The molecular formula is C16H28N2O. The second-order valence-electron chi connectivity index (χ2n) is 5.02. The molecule has 3 heteroatoms. The minimum atomic E-state index is 0.260. The van der Waals surface area contributed by atoms with Crippen molar-refractivity contribution in [2.24, 2.45) is 5.73 Å². The van der Waals surface area contributed by atoms with Crippen LogP contribution in [0.15, 0.2) is 24.3 Å². The van der Waals surface area contributed by atoms with Crippen LogP contribution in [0.3, 0.4) is 0 Å². The standard InChI is InChI=1S/C16H28N2O/c1-5-14(6-2)18(3)16(11-17)15-10-8-7-9-13(15)12-19-4/h7-10,14,16H,5-6,11-12,17H2,1-4H3. The van der Waals surface area contributed by atoms with Gasteiger partial charge in [0.25, 0.3) is 0 Å². The Morgan fingerprint density at radius 1 is 1.21 bits per heavy atom. The van der Waals surface area contributed by atoms with Gasteiger partial charge in [-0.15, -0.1) is 0 Å². The lowest BCUT2D eigenvalue weighted by molar-refractivity contribution is 0.158. The van der Waals surface area contributed by atoms with Crippen molar-refractivity contribution in [3.63, 3.8) is 0 Å². The molecule has 3 nitrogen and oxygen atoms in total. The SMILES string of the molecule is CCC(CC)N(C)C(CN)c1ccccc1COC. The summed E-state index contributed by atoms with van der Waals surface area (Å²) in [5.41, 5.74) is 8.56. The van der Waals surface area contributed by atoms with E-state index in [4.69, 9.17) is 10.5 Å². The molecule has 0 saturated carbocycles. The molecule has 2 N–H and O–H groups in total. The van der Waals surface area contributed by atoms with Gasteiger partial charge in [-0.25, -0.2) is 0 Å². The first-order chi connectivity index (χ1) is 9.19. The summed E-state index contributed by atoms with van der Waals surface area (Å²) >= 11 is 0. The van der Waals surface area contributed by atoms with Crippen LogP contribution in [0.2, 0.25) is 0 Å². The minimum Gasteiger partial charge on any atom is -0.380 e. The Morgan fingerprint density at radius 3 is 2.37 bits per heavy atom. The lowest BCUT2D eigenvalue weighted by Gasteiger charge is -2.35. The van der Waals surface area contributed by atoms with Gasteiger partial charge >= 0.3 is 0 Å². The molecule has 1 aromatic rings. The Kier molecular flexibility index (Phi) is 7.06. The van der Waals surface area contributed by atoms with Crippen LogP contribution >= 0.6 is 0 Å². The van der Waals surface area contributed by atoms with Crippen LogP contribution in [-0.2, 0) is 11.3 Å². The molecule has 0 radical (unpaired) electrons. The Labute approximate surface area is 117 Å². The molecule has 0 aliphatic carbocycles. The largest absolute Gasteiger partial charge is 0.380 e. The summed E-state index contributed by atoms with van der Waals surface area (Å²) in [5.74, 6) is 0. The first kappa shape index (κ1) is 16.2. The molecule has 0 aliphatic heterocycles. The van der Waals surface area contributed by atoms with E-state index in [-0.39, 0.29) is 6.04 Å². The Balaban J connectivity index is 3.02.